The zero-order chi connectivity index (χ0) is 28.4. The monoisotopic (exact) mass is 585 g/mol. The number of likely N-dealkylation sites (tertiary alicyclic amines) is 1. The predicted molar refractivity (Wildman–Crippen MR) is 148 cm³/mol. The normalized spacial score (nSPS) is 21.9. The number of hydrogen-bond donors (Lipinski definition) is 0. The molecular weight excluding hydrogens is 540 g/mol. The Morgan fingerprint density at radius 3 is 2.33 bits per heavy atom. The molecule has 40 heavy (non-hydrogen) atoms. The number of carbonyl (C=O) groups is 3. The van der Waals surface area contributed by atoms with Crippen molar-refractivity contribution in [3.05, 3.63) is 35.9 Å². The third kappa shape index (κ3) is 10.6. The van der Waals surface area contributed by atoms with E-state index >= 15 is 0 Å². The number of aliphatic carboxylic acids is 1. The second-order valence-corrected chi connectivity index (χ2v) is 14.1. The van der Waals surface area contributed by atoms with E-state index in [9.17, 15) is 24.1 Å². The fourth-order valence-electron chi connectivity index (χ4n) is 5.79. The zero-order valence-corrected chi connectivity index (χ0v) is 27.6. The summed E-state index contributed by atoms with van der Waals surface area (Å²) in [5.41, 5.74) is 1.17. The number of benzene rings is 1. The van der Waals surface area contributed by atoms with Crippen LogP contribution in [0, 0.1) is 17.8 Å². The molecule has 0 N–H and O–H groups in total. The van der Waals surface area contributed by atoms with Gasteiger partial charge in [0.05, 0.1) is 12.0 Å². The van der Waals surface area contributed by atoms with E-state index in [1.807, 2.05) is 30.3 Å². The molecule has 10 heteroatoms. The zero-order valence-electron chi connectivity index (χ0n) is 24.7. The number of carboxylic acid groups (broad SMARTS) is 1. The van der Waals surface area contributed by atoms with Crippen LogP contribution in [0.15, 0.2) is 30.3 Å². The van der Waals surface area contributed by atoms with Gasteiger partial charge in [0, 0.05) is 25.0 Å². The number of nitrogens with zero attached hydrogens (tertiary/aromatic N) is 1. The van der Waals surface area contributed by atoms with Crippen molar-refractivity contribution in [1.82, 2.24) is 4.90 Å². The van der Waals surface area contributed by atoms with Gasteiger partial charge in [0.15, 0.2) is 0 Å². The third-order valence-electron chi connectivity index (χ3n) is 8.05. The first-order valence-corrected chi connectivity index (χ1v) is 16.6. The number of unbranched alkanes of at least 4 members (excludes halogenated alkanes) is 1. The molecule has 1 saturated carbocycles. The van der Waals surface area contributed by atoms with Crippen LogP contribution < -0.4 is 34.7 Å². The van der Waals surface area contributed by atoms with Crippen LogP contribution in [0.3, 0.4) is 0 Å². The molecule has 4 atom stereocenters. The quantitative estimate of drug-likeness (QED) is 0.108. The molecule has 0 spiro atoms. The van der Waals surface area contributed by atoms with Gasteiger partial charge < -0.3 is 19.5 Å². The average Bonchev–Trinajstić information content (AvgIpc) is 3.38. The molecule has 3 rings (SSSR count). The smallest absolute Gasteiger partial charge is 0.548 e. The summed E-state index contributed by atoms with van der Waals surface area (Å²) >= 11 is 0. The average molecular weight is 586 g/mol. The minimum Gasteiger partial charge on any atom is -0.548 e. The molecule has 8 nitrogen and oxygen atoms in total. The molecule has 0 bridgehead atoms. The van der Waals surface area contributed by atoms with E-state index in [4.69, 9.17) is 9.26 Å². The molecule has 1 aliphatic carbocycles. The van der Waals surface area contributed by atoms with Crippen molar-refractivity contribution in [3.8, 4) is 0 Å². The first-order valence-electron chi connectivity index (χ1n) is 14.6. The van der Waals surface area contributed by atoms with Gasteiger partial charge in [0.2, 0.25) is 19.6 Å². The number of carbonyl (C=O) groups excluding carboxylic acids is 3. The second-order valence-electron chi connectivity index (χ2n) is 11.5. The Labute approximate surface area is 261 Å². The molecular formula is C30H45NNaO7P. The topological polar surface area (TPSA) is 113 Å². The number of carboxylic acids is 1. The van der Waals surface area contributed by atoms with Crippen LogP contribution in [0.25, 0.3) is 0 Å². The maximum absolute atomic E-state index is 14.2. The summed E-state index contributed by atoms with van der Waals surface area (Å²) in [6.45, 7) is 5.62. The molecule has 1 heterocycles. The Morgan fingerprint density at radius 2 is 1.73 bits per heavy atom. The van der Waals surface area contributed by atoms with Crippen LogP contribution in [0.5, 0.6) is 0 Å². The molecule has 1 saturated heterocycles. The van der Waals surface area contributed by atoms with Crippen molar-refractivity contribution in [3.63, 3.8) is 0 Å². The van der Waals surface area contributed by atoms with Gasteiger partial charge in [-0.1, -0.05) is 83.2 Å². The maximum Gasteiger partial charge on any atom is 1.00 e. The van der Waals surface area contributed by atoms with Crippen molar-refractivity contribution in [2.45, 2.75) is 97.3 Å². The van der Waals surface area contributed by atoms with Gasteiger partial charge in [-0.25, -0.2) is 0 Å². The maximum atomic E-state index is 14.2. The summed E-state index contributed by atoms with van der Waals surface area (Å²) in [6, 6.07) is 8.96. The van der Waals surface area contributed by atoms with Crippen LogP contribution in [0.4, 0.5) is 0 Å². The van der Waals surface area contributed by atoms with Crippen molar-refractivity contribution in [2.75, 3.05) is 18.9 Å². The number of rotatable bonds is 14. The standard InChI is InChI=1S/C30H46NO7P.Na/c1-4-28(33)37-30(22(2)3)38-39(36,18-12-11-15-23-13-7-5-8-14-23)21-27(32)31-20-25(19-26(31)29(34)35)24-16-9-6-10-17-24;/h5,7-8,13-14,22,24-26,30H,4,6,9-12,15-21H2,1-3H3,(H,34,35);/q;+1/p-1/t25-,26+,30?,39-;/m1./s1. The largest absolute Gasteiger partial charge is 1.00 e. The van der Waals surface area contributed by atoms with Gasteiger partial charge in [0.1, 0.15) is 6.16 Å². The van der Waals surface area contributed by atoms with E-state index in [0.29, 0.717) is 25.3 Å². The summed E-state index contributed by atoms with van der Waals surface area (Å²) in [4.78, 5) is 39.0. The van der Waals surface area contributed by atoms with E-state index in [2.05, 4.69) is 0 Å². The Bertz CT molecular complexity index is 999. The van der Waals surface area contributed by atoms with Gasteiger partial charge in [0.25, 0.3) is 0 Å². The van der Waals surface area contributed by atoms with Gasteiger partial charge >= 0.3 is 35.5 Å². The van der Waals surface area contributed by atoms with Gasteiger partial charge in [-0.3, -0.25) is 18.7 Å². The van der Waals surface area contributed by atoms with E-state index in [-0.39, 0.29) is 54.0 Å². The van der Waals surface area contributed by atoms with Crippen LogP contribution in [0.1, 0.15) is 84.1 Å². The van der Waals surface area contributed by atoms with Crippen LogP contribution in [-0.4, -0.2) is 53.9 Å². The summed E-state index contributed by atoms with van der Waals surface area (Å²) in [5.74, 6) is -1.99. The minimum absolute atomic E-state index is 0. The van der Waals surface area contributed by atoms with Crippen molar-refractivity contribution in [2.24, 2.45) is 17.8 Å². The molecule has 1 aromatic carbocycles. The summed E-state index contributed by atoms with van der Waals surface area (Å²) < 4.78 is 25.6. The third-order valence-corrected chi connectivity index (χ3v) is 10.4. The number of aryl methyl sites for hydroxylation is 1. The second kappa shape index (κ2) is 17.1. The van der Waals surface area contributed by atoms with E-state index in [0.717, 1.165) is 38.5 Å². The van der Waals surface area contributed by atoms with Crippen molar-refractivity contribution >= 4 is 25.2 Å². The number of ether oxygens (including phenoxy) is 1. The first-order chi connectivity index (χ1) is 18.6. The molecule has 0 aromatic heterocycles. The van der Waals surface area contributed by atoms with E-state index in [1.54, 1.807) is 20.8 Å². The van der Waals surface area contributed by atoms with Crippen LogP contribution in [0.2, 0.25) is 0 Å². The summed E-state index contributed by atoms with van der Waals surface area (Å²) in [7, 11) is -3.62. The minimum atomic E-state index is -3.62. The summed E-state index contributed by atoms with van der Waals surface area (Å²) in [5, 5.41) is 12.0. The summed E-state index contributed by atoms with van der Waals surface area (Å²) in [6.07, 6.45) is 6.88. The van der Waals surface area contributed by atoms with Crippen LogP contribution >= 0.6 is 7.37 Å². The Hall–Kier alpha value is -1.18. The Kier molecular flexibility index (Phi) is 14.9. The van der Waals surface area contributed by atoms with Crippen LogP contribution in [-0.2, 0) is 34.6 Å². The molecule has 218 valence electrons. The Morgan fingerprint density at radius 1 is 1.05 bits per heavy atom. The Balaban J connectivity index is 0.00000560. The molecule has 1 aliphatic heterocycles. The SMILES string of the molecule is CCC(=O)OC(O[P@](=O)(CCCCc1ccccc1)CC(=O)N1C[C@H](C2CCCCC2)C[C@H]1C(=O)[O-])C(C)C.[Na+]. The molecule has 1 amide bonds. The fraction of sp³-hybridized carbons (Fsp3) is 0.700. The van der Waals surface area contributed by atoms with Crippen molar-refractivity contribution < 1.29 is 62.9 Å². The predicted octanol–water partition coefficient (Wildman–Crippen LogP) is 1.79. The van der Waals surface area contributed by atoms with Gasteiger partial charge in [-0.2, -0.15) is 0 Å². The van der Waals surface area contributed by atoms with Crippen molar-refractivity contribution in [1.29, 1.82) is 0 Å². The number of hydrogen-bond acceptors (Lipinski definition) is 7. The van der Waals surface area contributed by atoms with Gasteiger partial charge in [-0.15, -0.1) is 0 Å². The fourth-order valence-corrected chi connectivity index (χ4v) is 8.09. The first kappa shape index (κ1) is 35.0. The number of esters is 1. The molecule has 2 fully saturated rings. The molecule has 1 unspecified atom stereocenters. The molecule has 0 radical (unpaired) electrons. The molecule has 2 aliphatic rings. The van der Waals surface area contributed by atoms with E-state index < -0.39 is 43.7 Å². The van der Waals surface area contributed by atoms with Gasteiger partial charge in [-0.05, 0) is 43.1 Å². The van der Waals surface area contributed by atoms with E-state index in [1.165, 1.54) is 16.9 Å². The molecule has 1 aromatic rings. The number of amides is 1.